The minimum atomic E-state index is -4.26. The lowest BCUT2D eigenvalue weighted by atomic mass is 10.00. The molecule has 408 valence electrons. The molecule has 6 aromatic rings. The molecule has 0 aliphatic heterocycles. The van der Waals surface area contributed by atoms with Crippen LogP contribution in [0.1, 0.15) is 184 Å². The van der Waals surface area contributed by atoms with Crippen LogP contribution in [-0.4, -0.2) is 0 Å². The summed E-state index contributed by atoms with van der Waals surface area (Å²) in [5.41, 5.74) is 8.86. The summed E-state index contributed by atoms with van der Waals surface area (Å²) in [5.74, 6) is 0. The van der Waals surface area contributed by atoms with Crippen LogP contribution >= 0.6 is 0 Å². The Labute approximate surface area is 443 Å². The first-order valence-corrected chi connectivity index (χ1v) is 27.7. The Hall–Kier alpha value is -5.31. The fraction of sp³-hybridized carbons (Fsp3) is 0.455. The van der Waals surface area contributed by atoms with Crippen LogP contribution in [0.2, 0.25) is 0 Å². The van der Waals surface area contributed by atoms with Gasteiger partial charge in [0.15, 0.2) is 0 Å². The van der Waals surface area contributed by atoms with Crippen LogP contribution in [0.3, 0.4) is 0 Å². The molecule has 0 nitrogen and oxygen atoms in total. The van der Waals surface area contributed by atoms with Crippen LogP contribution in [0, 0.1) is 0 Å². The molecule has 0 saturated heterocycles. The first-order valence-electron chi connectivity index (χ1n) is 27.7. The smallest absolute Gasteiger partial charge is 0.166 e. The molecule has 0 N–H and O–H groups in total. The fourth-order valence-electron chi connectivity index (χ4n) is 8.86. The zero-order valence-electron chi connectivity index (χ0n) is 44.7. The third-order valence-electron chi connectivity index (χ3n) is 13.7. The molecule has 0 amide bonds. The second-order valence-electron chi connectivity index (χ2n) is 20.0. The molecule has 9 heteroatoms. The molecule has 0 bridgehead atoms. The third kappa shape index (κ3) is 25.9. The van der Waals surface area contributed by atoms with Crippen LogP contribution in [0.5, 0.6) is 0 Å². The van der Waals surface area contributed by atoms with E-state index in [9.17, 15) is 39.5 Å². The van der Waals surface area contributed by atoms with Crippen LogP contribution in [0.25, 0.3) is 0 Å². The van der Waals surface area contributed by atoms with Gasteiger partial charge in [-0.05, 0) is 164 Å². The van der Waals surface area contributed by atoms with Crippen molar-refractivity contribution in [1.29, 1.82) is 0 Å². The zero-order chi connectivity index (χ0) is 54.4. The van der Waals surface area contributed by atoms with Gasteiger partial charge in [0.1, 0.15) is 0 Å². The first-order chi connectivity index (χ1) is 36.0. The zero-order valence-corrected chi connectivity index (χ0v) is 44.7. The number of benzene rings is 6. The Morgan fingerprint density at radius 2 is 0.347 bits per heavy atom. The Kier molecular flexibility index (Phi) is 27.9. The molecule has 75 heavy (non-hydrogen) atoms. The SMILES string of the molecule is CCCCCCCCc1ccc(CCc2ccc(C(F)(F)F)cc2)cc1.CCCCCCCc1ccc(CCc2ccc(C(F)(F)F)cc2)cc1.CCCCCCc1ccc(CCc2ccc(C(F)(F)F)cc2)cc1. The summed E-state index contributed by atoms with van der Waals surface area (Å²) in [6.45, 7) is 6.67. The molecule has 0 aliphatic rings. The van der Waals surface area contributed by atoms with Gasteiger partial charge >= 0.3 is 18.5 Å². The largest absolute Gasteiger partial charge is 0.416 e. The highest BCUT2D eigenvalue weighted by atomic mass is 19.4. The molecule has 0 saturated carbocycles. The summed E-state index contributed by atoms with van der Waals surface area (Å²) < 4.78 is 113. The van der Waals surface area contributed by atoms with Gasteiger partial charge in [-0.1, -0.05) is 207 Å². The van der Waals surface area contributed by atoms with Crippen molar-refractivity contribution < 1.29 is 39.5 Å². The van der Waals surface area contributed by atoms with Crippen LogP contribution < -0.4 is 0 Å². The predicted molar refractivity (Wildman–Crippen MR) is 293 cm³/mol. The summed E-state index contributed by atoms with van der Waals surface area (Å²) in [7, 11) is 0. The number of rotatable bonds is 27. The van der Waals surface area contributed by atoms with E-state index in [1.54, 1.807) is 36.4 Å². The Morgan fingerprint density at radius 3 is 0.533 bits per heavy atom. The molecule has 0 spiro atoms. The van der Waals surface area contributed by atoms with Crippen molar-refractivity contribution in [3.8, 4) is 0 Å². The van der Waals surface area contributed by atoms with Gasteiger partial charge in [-0.25, -0.2) is 0 Å². The van der Waals surface area contributed by atoms with E-state index in [2.05, 4.69) is 93.6 Å². The lowest BCUT2D eigenvalue weighted by Crippen LogP contribution is -2.04. The highest BCUT2D eigenvalue weighted by molar-refractivity contribution is 5.30. The number of alkyl halides is 9. The number of unbranched alkanes of at least 4 members (excludes halogenated alkanes) is 12. The Bertz CT molecular complexity index is 2370. The molecule has 6 aromatic carbocycles. The highest BCUT2D eigenvalue weighted by Crippen LogP contribution is 2.31. The van der Waals surface area contributed by atoms with Crippen molar-refractivity contribution in [2.24, 2.45) is 0 Å². The van der Waals surface area contributed by atoms with Gasteiger partial charge in [0.05, 0.1) is 16.7 Å². The summed E-state index contributed by atoms with van der Waals surface area (Å²) in [4.78, 5) is 0. The van der Waals surface area contributed by atoms with Gasteiger partial charge in [-0.2, -0.15) is 39.5 Å². The molecule has 0 heterocycles. The predicted octanol–water partition coefficient (Wildman–Crippen LogP) is 21.0. The van der Waals surface area contributed by atoms with Crippen molar-refractivity contribution in [2.75, 3.05) is 0 Å². The van der Waals surface area contributed by atoms with Crippen LogP contribution in [0.4, 0.5) is 39.5 Å². The van der Waals surface area contributed by atoms with Gasteiger partial charge in [-0.15, -0.1) is 0 Å². The van der Waals surface area contributed by atoms with Gasteiger partial charge in [0.2, 0.25) is 0 Å². The number of hydrogen-bond acceptors (Lipinski definition) is 0. The van der Waals surface area contributed by atoms with Crippen molar-refractivity contribution in [3.05, 3.63) is 212 Å². The second-order valence-corrected chi connectivity index (χ2v) is 20.0. The normalized spacial score (nSPS) is 11.7. The lowest BCUT2D eigenvalue weighted by Gasteiger charge is -2.08. The standard InChI is InChI=1S/C23H29F3.C22H27F3.C21H25F3/c1-2-3-4-5-6-7-8-19-9-11-20(12-10-19)13-14-21-15-17-22(18-16-21)23(24,25)26;1-2-3-4-5-6-7-18-8-10-19(11-9-18)12-13-20-14-16-21(17-15-20)22(23,24)25;1-2-3-4-5-6-17-7-9-18(10-8-17)11-12-19-13-15-20(16-14-19)21(22,23)24/h9-12,15-18H,2-8,13-14H2,1H3;8-11,14-17H,2-7,12-13H2,1H3;7-10,13-16H,2-6,11-12H2,1H3. The van der Waals surface area contributed by atoms with E-state index in [0.29, 0.717) is 0 Å². The minimum Gasteiger partial charge on any atom is -0.166 e. The maximum Gasteiger partial charge on any atom is 0.416 e. The van der Waals surface area contributed by atoms with Gasteiger partial charge in [0, 0.05) is 0 Å². The first kappa shape index (κ1) is 62.2. The monoisotopic (exact) mass is 1040 g/mol. The molecule has 0 fully saturated rings. The Morgan fingerprint density at radius 1 is 0.200 bits per heavy atom. The second kappa shape index (κ2) is 33.7. The number of halogens is 9. The Balaban J connectivity index is 0.000000244. The summed E-state index contributed by atoms with van der Waals surface area (Å²) >= 11 is 0. The van der Waals surface area contributed by atoms with E-state index in [4.69, 9.17) is 0 Å². The quantitative estimate of drug-likeness (QED) is 0.0356. The average molecular weight is 1050 g/mol. The summed E-state index contributed by atoms with van der Waals surface area (Å²) in [5, 5.41) is 0. The van der Waals surface area contributed by atoms with E-state index in [1.165, 1.54) is 142 Å². The molecule has 0 aliphatic carbocycles. The van der Waals surface area contributed by atoms with E-state index < -0.39 is 35.2 Å². The summed E-state index contributed by atoms with van der Waals surface area (Å²) in [6, 6.07) is 42.4. The molecule has 0 atom stereocenters. The number of hydrogen-bond donors (Lipinski definition) is 0. The van der Waals surface area contributed by atoms with Crippen molar-refractivity contribution in [1.82, 2.24) is 0 Å². The fourth-order valence-corrected chi connectivity index (χ4v) is 8.86. The molecular weight excluding hydrogens is 964 g/mol. The maximum atomic E-state index is 12.6. The average Bonchev–Trinajstić information content (AvgIpc) is 3.40. The van der Waals surface area contributed by atoms with Crippen LogP contribution in [-0.2, 0) is 76.3 Å². The molecule has 6 rings (SSSR count). The lowest BCUT2D eigenvalue weighted by molar-refractivity contribution is -0.138. The summed E-state index contributed by atoms with van der Waals surface area (Å²) in [6.07, 6.45) is 14.8. The minimum absolute atomic E-state index is 0.583. The van der Waals surface area contributed by atoms with E-state index in [0.717, 1.165) is 98.7 Å². The molecule has 0 radical (unpaired) electrons. The maximum absolute atomic E-state index is 12.6. The van der Waals surface area contributed by atoms with Crippen LogP contribution in [0.15, 0.2) is 146 Å². The topological polar surface area (TPSA) is 0 Å². The van der Waals surface area contributed by atoms with Gasteiger partial charge in [0.25, 0.3) is 0 Å². The van der Waals surface area contributed by atoms with Gasteiger partial charge < -0.3 is 0 Å². The van der Waals surface area contributed by atoms with Crippen molar-refractivity contribution in [2.45, 2.75) is 193 Å². The van der Waals surface area contributed by atoms with E-state index in [1.807, 2.05) is 0 Å². The van der Waals surface area contributed by atoms with Crippen molar-refractivity contribution in [3.63, 3.8) is 0 Å². The highest BCUT2D eigenvalue weighted by Gasteiger charge is 2.31. The molecule has 0 unspecified atom stereocenters. The van der Waals surface area contributed by atoms with Gasteiger partial charge in [-0.3, -0.25) is 0 Å². The van der Waals surface area contributed by atoms with E-state index in [-0.39, 0.29) is 0 Å². The van der Waals surface area contributed by atoms with Crippen molar-refractivity contribution >= 4 is 0 Å². The van der Waals surface area contributed by atoms with E-state index >= 15 is 0 Å². The third-order valence-corrected chi connectivity index (χ3v) is 13.7. The molecule has 0 aromatic heterocycles. The molecular formula is C66H81F9. The number of aryl methyl sites for hydroxylation is 9.